The molecule has 60 valence electrons. The number of hydrogen-bond donors (Lipinski definition) is 0. The van der Waals surface area contributed by atoms with Crippen molar-refractivity contribution in [3.63, 3.8) is 0 Å². The van der Waals surface area contributed by atoms with Gasteiger partial charge in [-0.05, 0) is 25.2 Å². The molecule has 0 aromatic rings. The fourth-order valence-electron chi connectivity index (χ4n) is 1.80. The van der Waals surface area contributed by atoms with Crippen molar-refractivity contribution in [1.29, 1.82) is 0 Å². The molecule has 1 fully saturated rings. The quantitative estimate of drug-likeness (QED) is 0.576. The van der Waals surface area contributed by atoms with Crippen molar-refractivity contribution in [2.45, 2.75) is 46.1 Å². The average Bonchev–Trinajstić information content (AvgIpc) is 2.13. The summed E-state index contributed by atoms with van der Waals surface area (Å²) in [5.41, 5.74) is 0.440. The summed E-state index contributed by atoms with van der Waals surface area (Å²) in [5, 5.41) is 0. The molecule has 0 aliphatic heterocycles. The van der Waals surface area contributed by atoms with E-state index in [2.05, 4.69) is 20.8 Å². The zero-order valence-corrected chi connectivity index (χ0v) is 7.31. The van der Waals surface area contributed by atoms with Crippen molar-refractivity contribution < 1.29 is 4.74 Å². The van der Waals surface area contributed by atoms with E-state index in [-0.39, 0.29) is 0 Å². The Hall–Kier alpha value is -0.0400. The lowest BCUT2D eigenvalue weighted by atomic mass is 9.89. The summed E-state index contributed by atoms with van der Waals surface area (Å²) >= 11 is 0. The van der Waals surface area contributed by atoms with Crippen molar-refractivity contribution in [2.75, 3.05) is 6.61 Å². The highest BCUT2D eigenvalue weighted by Crippen LogP contribution is 2.38. The Morgan fingerprint density at radius 2 is 2.20 bits per heavy atom. The second kappa shape index (κ2) is 2.91. The summed E-state index contributed by atoms with van der Waals surface area (Å²) in [4.78, 5) is 0. The third-order valence-electron chi connectivity index (χ3n) is 2.53. The molecular weight excluding hydrogens is 124 g/mol. The van der Waals surface area contributed by atoms with Crippen molar-refractivity contribution in [2.24, 2.45) is 5.41 Å². The van der Waals surface area contributed by atoms with Gasteiger partial charge in [0.2, 0.25) is 0 Å². The lowest BCUT2D eigenvalue weighted by Crippen LogP contribution is -2.25. The lowest BCUT2D eigenvalue weighted by molar-refractivity contribution is 0.00150. The first-order valence-electron chi connectivity index (χ1n) is 4.28. The molecule has 0 radical (unpaired) electrons. The van der Waals surface area contributed by atoms with Crippen LogP contribution in [0.15, 0.2) is 0 Å². The van der Waals surface area contributed by atoms with E-state index in [4.69, 9.17) is 4.74 Å². The molecule has 0 saturated heterocycles. The third-order valence-corrected chi connectivity index (χ3v) is 2.53. The average molecular weight is 142 g/mol. The van der Waals surface area contributed by atoms with Crippen LogP contribution < -0.4 is 0 Å². The summed E-state index contributed by atoms with van der Waals surface area (Å²) in [6, 6.07) is 0. The van der Waals surface area contributed by atoms with Gasteiger partial charge in [-0.3, -0.25) is 0 Å². The zero-order valence-electron chi connectivity index (χ0n) is 7.31. The molecule has 1 heteroatoms. The molecule has 10 heavy (non-hydrogen) atoms. The zero-order chi connectivity index (χ0) is 7.61. The van der Waals surface area contributed by atoms with Gasteiger partial charge in [0.15, 0.2) is 0 Å². The topological polar surface area (TPSA) is 9.23 Å². The fourth-order valence-corrected chi connectivity index (χ4v) is 1.80. The first kappa shape index (κ1) is 8.06. The van der Waals surface area contributed by atoms with Gasteiger partial charge in [0, 0.05) is 6.61 Å². The molecule has 0 aromatic carbocycles. The van der Waals surface area contributed by atoms with Gasteiger partial charge in [0.05, 0.1) is 6.10 Å². The molecule has 1 aliphatic carbocycles. The summed E-state index contributed by atoms with van der Waals surface area (Å²) in [5.74, 6) is 0. The van der Waals surface area contributed by atoms with E-state index >= 15 is 0 Å². The molecule has 0 amide bonds. The molecular formula is C9H18O. The van der Waals surface area contributed by atoms with E-state index in [0.29, 0.717) is 11.5 Å². The van der Waals surface area contributed by atoms with Gasteiger partial charge >= 0.3 is 0 Å². The lowest BCUT2D eigenvalue weighted by Gasteiger charge is -2.26. The smallest absolute Gasteiger partial charge is 0.0625 e. The van der Waals surface area contributed by atoms with Crippen LogP contribution in [-0.4, -0.2) is 12.7 Å². The van der Waals surface area contributed by atoms with Crippen LogP contribution in [0, 0.1) is 5.41 Å². The van der Waals surface area contributed by atoms with Gasteiger partial charge in [-0.1, -0.05) is 20.3 Å². The molecule has 0 aromatic heterocycles. The maximum Gasteiger partial charge on any atom is 0.0625 e. The molecule has 1 saturated carbocycles. The van der Waals surface area contributed by atoms with Crippen LogP contribution in [0.5, 0.6) is 0 Å². The normalized spacial score (nSPS) is 30.9. The van der Waals surface area contributed by atoms with E-state index in [1.807, 2.05) is 0 Å². The van der Waals surface area contributed by atoms with Gasteiger partial charge in [0.25, 0.3) is 0 Å². The maximum atomic E-state index is 5.62. The molecule has 0 spiro atoms. The second-order valence-corrected chi connectivity index (χ2v) is 3.82. The summed E-state index contributed by atoms with van der Waals surface area (Å²) in [6.45, 7) is 7.56. The minimum atomic E-state index is 0.440. The van der Waals surface area contributed by atoms with Crippen LogP contribution >= 0.6 is 0 Å². The molecule has 1 atom stereocenters. The van der Waals surface area contributed by atoms with Crippen molar-refractivity contribution >= 4 is 0 Å². The minimum Gasteiger partial charge on any atom is -0.378 e. The van der Waals surface area contributed by atoms with Crippen LogP contribution in [0.3, 0.4) is 0 Å². The van der Waals surface area contributed by atoms with Gasteiger partial charge in [0.1, 0.15) is 0 Å². The summed E-state index contributed by atoms with van der Waals surface area (Å²) in [6.07, 6.45) is 4.47. The Morgan fingerprint density at radius 3 is 2.60 bits per heavy atom. The molecule has 1 nitrogen and oxygen atoms in total. The van der Waals surface area contributed by atoms with Crippen molar-refractivity contribution in [3.05, 3.63) is 0 Å². The van der Waals surface area contributed by atoms with Gasteiger partial charge in [-0.15, -0.1) is 0 Å². The monoisotopic (exact) mass is 142 g/mol. The van der Waals surface area contributed by atoms with E-state index < -0.39 is 0 Å². The van der Waals surface area contributed by atoms with Crippen LogP contribution in [-0.2, 0) is 4.74 Å². The highest BCUT2D eigenvalue weighted by Gasteiger charge is 2.34. The van der Waals surface area contributed by atoms with E-state index in [0.717, 1.165) is 6.61 Å². The van der Waals surface area contributed by atoms with Gasteiger partial charge in [-0.2, -0.15) is 0 Å². The molecule has 1 rings (SSSR count). The van der Waals surface area contributed by atoms with Crippen LogP contribution in [0.2, 0.25) is 0 Å². The third kappa shape index (κ3) is 1.51. The number of ether oxygens (including phenoxy) is 1. The van der Waals surface area contributed by atoms with Crippen molar-refractivity contribution in [3.8, 4) is 0 Å². The van der Waals surface area contributed by atoms with E-state index in [9.17, 15) is 0 Å². The Labute approximate surface area is 63.8 Å². The molecule has 1 aliphatic rings. The predicted octanol–water partition coefficient (Wildman–Crippen LogP) is 2.60. The Morgan fingerprint density at radius 1 is 1.50 bits per heavy atom. The largest absolute Gasteiger partial charge is 0.378 e. The van der Waals surface area contributed by atoms with Crippen LogP contribution in [0.4, 0.5) is 0 Å². The van der Waals surface area contributed by atoms with Crippen LogP contribution in [0.25, 0.3) is 0 Å². The van der Waals surface area contributed by atoms with Crippen molar-refractivity contribution in [1.82, 2.24) is 0 Å². The second-order valence-electron chi connectivity index (χ2n) is 3.82. The number of rotatable bonds is 2. The van der Waals surface area contributed by atoms with Gasteiger partial charge < -0.3 is 4.74 Å². The highest BCUT2D eigenvalue weighted by molar-refractivity contribution is 4.85. The SMILES string of the molecule is CCOC1CCCC1(C)C. The van der Waals surface area contributed by atoms with E-state index in [1.165, 1.54) is 19.3 Å². The standard InChI is InChI=1S/C9H18O/c1-4-10-8-6-5-7-9(8,2)3/h8H,4-7H2,1-3H3. The first-order chi connectivity index (χ1) is 4.67. The summed E-state index contributed by atoms with van der Waals surface area (Å²) < 4.78 is 5.62. The van der Waals surface area contributed by atoms with Crippen LogP contribution in [0.1, 0.15) is 40.0 Å². The molecule has 1 unspecified atom stereocenters. The Kier molecular flexibility index (Phi) is 2.35. The minimum absolute atomic E-state index is 0.440. The predicted molar refractivity (Wildman–Crippen MR) is 43.0 cm³/mol. The highest BCUT2D eigenvalue weighted by atomic mass is 16.5. The Bertz CT molecular complexity index is 107. The Balaban J connectivity index is 2.43. The molecule has 0 bridgehead atoms. The van der Waals surface area contributed by atoms with E-state index in [1.54, 1.807) is 0 Å². The summed E-state index contributed by atoms with van der Waals surface area (Å²) in [7, 11) is 0. The fraction of sp³-hybridized carbons (Fsp3) is 1.00. The number of hydrogen-bond acceptors (Lipinski definition) is 1. The molecule has 0 heterocycles. The first-order valence-corrected chi connectivity index (χ1v) is 4.28. The van der Waals surface area contributed by atoms with Gasteiger partial charge in [-0.25, -0.2) is 0 Å². The molecule has 0 N–H and O–H groups in total. The maximum absolute atomic E-state index is 5.62.